The molecule has 3 aromatic rings. The second-order valence-electron chi connectivity index (χ2n) is 5.17. The summed E-state index contributed by atoms with van der Waals surface area (Å²) in [6.07, 6.45) is 2.83. The van der Waals surface area contributed by atoms with E-state index in [4.69, 9.17) is 5.73 Å². The molecule has 0 unspecified atom stereocenters. The number of halogens is 1. The Morgan fingerprint density at radius 3 is 2.58 bits per heavy atom. The summed E-state index contributed by atoms with van der Waals surface area (Å²) < 4.78 is 27.4. The molecule has 0 radical (unpaired) electrons. The van der Waals surface area contributed by atoms with Crippen LogP contribution in [0.25, 0.3) is 10.9 Å². The maximum absolute atomic E-state index is 12.9. The van der Waals surface area contributed by atoms with Crippen molar-refractivity contribution < 1.29 is 13.2 Å². The van der Waals surface area contributed by atoms with Crippen molar-refractivity contribution in [3.8, 4) is 0 Å². The lowest BCUT2D eigenvalue weighted by Crippen LogP contribution is -2.20. The van der Waals surface area contributed by atoms with E-state index in [-0.39, 0.29) is 10.7 Å². The fourth-order valence-corrected chi connectivity index (χ4v) is 4.29. The van der Waals surface area contributed by atoms with Crippen LogP contribution in [0.3, 0.4) is 0 Å². The van der Waals surface area contributed by atoms with Crippen molar-refractivity contribution >= 4 is 48.7 Å². The molecule has 0 aliphatic carbocycles. The van der Waals surface area contributed by atoms with Crippen molar-refractivity contribution in [2.45, 2.75) is 11.8 Å². The number of hydrogen-bond acceptors (Lipinski definition) is 4. The number of urea groups is 1. The first kappa shape index (κ1) is 16.5. The fraction of sp³-hybridized carbons (Fsp3) is 0.0667. The van der Waals surface area contributed by atoms with E-state index < -0.39 is 16.1 Å². The number of primary amides is 1. The Labute approximate surface area is 146 Å². The Balaban J connectivity index is 2.16. The Kier molecular flexibility index (Phi) is 4.06. The van der Waals surface area contributed by atoms with Crippen LogP contribution in [0.15, 0.2) is 52.1 Å². The minimum atomic E-state index is -3.76. The summed E-state index contributed by atoms with van der Waals surface area (Å²) in [7, 11) is -3.76. The number of nitrogens with one attached hydrogen (secondary N) is 1. The molecule has 9 heteroatoms. The zero-order valence-corrected chi connectivity index (χ0v) is 14.9. The molecule has 1 aromatic carbocycles. The molecule has 3 rings (SSSR count). The van der Waals surface area contributed by atoms with Crippen molar-refractivity contribution in [3.05, 3.63) is 52.8 Å². The molecule has 2 heterocycles. The van der Waals surface area contributed by atoms with Gasteiger partial charge in [-0.1, -0.05) is 17.7 Å². The van der Waals surface area contributed by atoms with Gasteiger partial charge in [-0.05, 0) is 41.1 Å². The van der Waals surface area contributed by atoms with Crippen molar-refractivity contribution in [2.24, 2.45) is 5.73 Å². The van der Waals surface area contributed by atoms with E-state index >= 15 is 0 Å². The molecule has 0 aliphatic heterocycles. The molecule has 0 spiro atoms. The molecule has 0 saturated heterocycles. The van der Waals surface area contributed by atoms with Crippen LogP contribution < -0.4 is 11.1 Å². The van der Waals surface area contributed by atoms with Gasteiger partial charge in [0.15, 0.2) is 0 Å². The third kappa shape index (κ3) is 2.87. The monoisotopic (exact) mass is 408 g/mol. The van der Waals surface area contributed by atoms with Gasteiger partial charge < -0.3 is 5.73 Å². The van der Waals surface area contributed by atoms with Crippen molar-refractivity contribution in [1.82, 2.24) is 8.96 Å². The van der Waals surface area contributed by atoms with Crippen LogP contribution in [0.5, 0.6) is 0 Å². The molecule has 0 aliphatic rings. The molecule has 0 saturated carbocycles. The number of aromatic nitrogens is 2. The number of anilines is 1. The number of fused-ring (bicyclic) bond motifs is 1. The third-order valence-corrected chi connectivity index (χ3v) is 5.76. The fourth-order valence-electron chi connectivity index (χ4n) is 2.27. The van der Waals surface area contributed by atoms with Gasteiger partial charge in [0.05, 0.1) is 16.6 Å². The minimum Gasteiger partial charge on any atom is -0.351 e. The first-order chi connectivity index (χ1) is 11.3. The number of benzene rings is 1. The number of hydrogen-bond donors (Lipinski definition) is 2. The van der Waals surface area contributed by atoms with Gasteiger partial charge in [-0.15, -0.1) is 0 Å². The summed E-state index contributed by atoms with van der Waals surface area (Å²) in [5.74, 6) is 0.237. The zero-order chi connectivity index (χ0) is 17.5. The topological polar surface area (TPSA) is 107 Å². The largest absolute Gasteiger partial charge is 0.351 e. The summed E-state index contributed by atoms with van der Waals surface area (Å²) >= 11 is 3.34. The number of nitrogens with two attached hydrogens (primary N) is 1. The first-order valence-electron chi connectivity index (χ1n) is 6.84. The van der Waals surface area contributed by atoms with Crippen LogP contribution in [0.2, 0.25) is 0 Å². The predicted molar refractivity (Wildman–Crippen MR) is 94.4 cm³/mol. The highest BCUT2D eigenvalue weighted by Gasteiger charge is 2.21. The van der Waals surface area contributed by atoms with Gasteiger partial charge >= 0.3 is 6.03 Å². The van der Waals surface area contributed by atoms with Crippen molar-refractivity contribution in [1.29, 1.82) is 0 Å². The average molecular weight is 409 g/mol. The molecular weight excluding hydrogens is 396 g/mol. The number of aryl methyl sites for hydroxylation is 1. The number of carbonyl (C=O) groups is 1. The smallest absolute Gasteiger partial charge is 0.317 e. The summed E-state index contributed by atoms with van der Waals surface area (Å²) in [5.41, 5.74) is 6.42. The van der Waals surface area contributed by atoms with Crippen molar-refractivity contribution in [3.63, 3.8) is 0 Å². The number of carbonyl (C=O) groups excluding carboxylic acids is 1. The molecule has 24 heavy (non-hydrogen) atoms. The molecule has 124 valence electrons. The SMILES string of the molecule is Cc1ccc(S(=O)(=O)n2cc(Br)c3cc(NC(N)=O)ncc32)cc1. The van der Waals surface area contributed by atoms with Gasteiger partial charge in [0, 0.05) is 16.1 Å². The van der Waals surface area contributed by atoms with Crippen molar-refractivity contribution in [2.75, 3.05) is 5.32 Å². The van der Waals surface area contributed by atoms with Gasteiger partial charge in [0.25, 0.3) is 10.0 Å². The number of amides is 2. The van der Waals surface area contributed by atoms with E-state index in [1.54, 1.807) is 30.3 Å². The maximum atomic E-state index is 12.9. The number of pyridine rings is 1. The average Bonchev–Trinajstić information content (AvgIpc) is 2.85. The van der Waals surface area contributed by atoms with Crippen LogP contribution in [0.1, 0.15) is 5.56 Å². The number of nitrogens with zero attached hydrogens (tertiary/aromatic N) is 2. The molecular formula is C15H13BrN4O3S. The van der Waals surface area contributed by atoms with E-state index in [1.807, 2.05) is 6.92 Å². The quantitative estimate of drug-likeness (QED) is 0.694. The molecule has 2 amide bonds. The highest BCUT2D eigenvalue weighted by atomic mass is 79.9. The van der Waals surface area contributed by atoms with Gasteiger partial charge in [-0.25, -0.2) is 22.2 Å². The summed E-state index contributed by atoms with van der Waals surface area (Å²) in [6, 6.07) is 7.39. The second-order valence-corrected chi connectivity index (χ2v) is 7.84. The summed E-state index contributed by atoms with van der Waals surface area (Å²) in [5, 5.41) is 2.95. The van der Waals surface area contributed by atoms with Crippen LogP contribution in [0, 0.1) is 6.92 Å². The van der Waals surface area contributed by atoms with Gasteiger partial charge in [0.1, 0.15) is 5.82 Å². The Morgan fingerprint density at radius 2 is 1.96 bits per heavy atom. The zero-order valence-electron chi connectivity index (χ0n) is 12.5. The molecule has 0 bridgehead atoms. The van der Waals surface area contributed by atoms with E-state index in [0.29, 0.717) is 15.4 Å². The van der Waals surface area contributed by atoms with Crippen LogP contribution >= 0.6 is 15.9 Å². The van der Waals surface area contributed by atoms with Crippen LogP contribution in [0.4, 0.5) is 10.6 Å². The van der Waals surface area contributed by atoms with Gasteiger partial charge in [-0.2, -0.15) is 0 Å². The van der Waals surface area contributed by atoms with E-state index in [9.17, 15) is 13.2 Å². The minimum absolute atomic E-state index is 0.178. The first-order valence-corrected chi connectivity index (χ1v) is 9.07. The summed E-state index contributed by atoms with van der Waals surface area (Å²) in [6.45, 7) is 1.88. The van der Waals surface area contributed by atoms with E-state index in [2.05, 4.69) is 26.2 Å². The Hall–Kier alpha value is -2.39. The standard InChI is InChI=1S/C15H13BrN4O3S/c1-9-2-4-10(5-3-9)24(22,23)20-8-12(16)11-6-14(19-15(17)21)18-7-13(11)20/h2-8H,1H3,(H3,17,18,19,21). The second kappa shape index (κ2) is 5.91. The van der Waals surface area contributed by atoms with Crippen LogP contribution in [-0.2, 0) is 10.0 Å². The summed E-state index contributed by atoms with van der Waals surface area (Å²) in [4.78, 5) is 15.1. The van der Waals surface area contributed by atoms with E-state index in [1.165, 1.54) is 12.4 Å². The van der Waals surface area contributed by atoms with Crippen LogP contribution in [-0.4, -0.2) is 23.4 Å². The lowest BCUT2D eigenvalue weighted by molar-refractivity contribution is 0.259. The number of rotatable bonds is 3. The highest BCUT2D eigenvalue weighted by molar-refractivity contribution is 9.10. The lowest BCUT2D eigenvalue weighted by atomic mass is 10.2. The van der Waals surface area contributed by atoms with Gasteiger partial charge in [-0.3, -0.25) is 5.32 Å². The predicted octanol–water partition coefficient (Wildman–Crippen LogP) is 2.83. The lowest BCUT2D eigenvalue weighted by Gasteiger charge is -2.08. The molecule has 7 nitrogen and oxygen atoms in total. The Bertz CT molecular complexity index is 1040. The molecule has 3 N–H and O–H groups in total. The third-order valence-electron chi connectivity index (χ3n) is 3.44. The van der Waals surface area contributed by atoms with E-state index in [0.717, 1.165) is 9.54 Å². The normalized spacial score (nSPS) is 11.6. The van der Waals surface area contributed by atoms with Gasteiger partial charge in [0.2, 0.25) is 0 Å². The molecule has 0 atom stereocenters. The Morgan fingerprint density at radius 1 is 1.29 bits per heavy atom. The molecule has 2 aromatic heterocycles. The maximum Gasteiger partial charge on any atom is 0.317 e. The molecule has 0 fully saturated rings. The highest BCUT2D eigenvalue weighted by Crippen LogP contribution is 2.30.